The lowest BCUT2D eigenvalue weighted by Gasteiger charge is -2.24. The molecule has 1 aliphatic heterocycles. The minimum atomic E-state index is -0.762. The van der Waals surface area contributed by atoms with Gasteiger partial charge in [0.25, 0.3) is 0 Å². The van der Waals surface area contributed by atoms with Crippen molar-refractivity contribution >= 4 is 23.4 Å². The molecular formula is C17H21ClO4. The summed E-state index contributed by atoms with van der Waals surface area (Å²) >= 11 is 5.98. The molecule has 1 aromatic rings. The van der Waals surface area contributed by atoms with Gasteiger partial charge in [0.05, 0.1) is 6.61 Å². The van der Waals surface area contributed by atoms with Crippen LogP contribution in [-0.2, 0) is 25.5 Å². The van der Waals surface area contributed by atoms with Gasteiger partial charge in [0.1, 0.15) is 5.92 Å². The van der Waals surface area contributed by atoms with Crippen molar-refractivity contribution in [1.82, 2.24) is 0 Å². The van der Waals surface area contributed by atoms with Crippen LogP contribution in [-0.4, -0.2) is 31.6 Å². The van der Waals surface area contributed by atoms with Crippen LogP contribution >= 0.6 is 11.6 Å². The maximum absolute atomic E-state index is 12.7. The maximum atomic E-state index is 12.7. The van der Waals surface area contributed by atoms with E-state index in [2.05, 4.69) is 0 Å². The summed E-state index contributed by atoms with van der Waals surface area (Å²) in [7, 11) is 0. The smallest absolute Gasteiger partial charge is 0.316 e. The summed E-state index contributed by atoms with van der Waals surface area (Å²) in [5.74, 6) is -1.37. The number of carbonyl (C=O) groups is 2. The molecule has 0 aliphatic carbocycles. The summed E-state index contributed by atoms with van der Waals surface area (Å²) in [6.07, 6.45) is 1.67. The molecule has 0 aromatic heterocycles. The van der Waals surface area contributed by atoms with Crippen LogP contribution in [0.4, 0.5) is 0 Å². The molecule has 0 amide bonds. The van der Waals surface area contributed by atoms with E-state index in [1.54, 1.807) is 19.1 Å². The Morgan fingerprint density at radius 2 is 2.09 bits per heavy atom. The Hall–Kier alpha value is -1.39. The molecule has 1 aliphatic rings. The van der Waals surface area contributed by atoms with Crippen molar-refractivity contribution in [2.45, 2.75) is 26.2 Å². The number of Topliss-reactive ketones (excluding diaryl/α,β-unsaturated/α-hetero) is 1. The highest BCUT2D eigenvalue weighted by Crippen LogP contribution is 2.24. The number of esters is 1. The van der Waals surface area contributed by atoms with E-state index in [-0.39, 0.29) is 18.3 Å². The van der Waals surface area contributed by atoms with Crippen molar-refractivity contribution in [3.8, 4) is 0 Å². The first-order chi connectivity index (χ1) is 10.6. The lowest BCUT2D eigenvalue weighted by molar-refractivity contribution is -0.153. The zero-order valence-corrected chi connectivity index (χ0v) is 13.5. The van der Waals surface area contributed by atoms with Crippen molar-refractivity contribution in [1.29, 1.82) is 0 Å². The number of rotatable bonds is 6. The quantitative estimate of drug-likeness (QED) is 0.596. The first-order valence-electron chi connectivity index (χ1n) is 7.64. The predicted octanol–water partition coefficient (Wildman–Crippen LogP) is 3.06. The van der Waals surface area contributed by atoms with Crippen LogP contribution in [0.1, 0.15) is 25.3 Å². The van der Waals surface area contributed by atoms with Crippen LogP contribution in [0.5, 0.6) is 0 Å². The van der Waals surface area contributed by atoms with Crippen molar-refractivity contribution < 1.29 is 19.1 Å². The van der Waals surface area contributed by atoms with Crippen molar-refractivity contribution in [3.63, 3.8) is 0 Å². The monoisotopic (exact) mass is 324 g/mol. The third kappa shape index (κ3) is 4.55. The lowest BCUT2D eigenvalue weighted by Crippen LogP contribution is -2.35. The number of ketones is 1. The number of carbonyl (C=O) groups excluding carboxylic acids is 2. The lowest BCUT2D eigenvalue weighted by atomic mass is 9.84. The first-order valence-corrected chi connectivity index (χ1v) is 8.02. The molecule has 0 N–H and O–H groups in total. The highest BCUT2D eigenvalue weighted by molar-refractivity contribution is 6.30. The molecule has 0 radical (unpaired) electrons. The van der Waals surface area contributed by atoms with E-state index in [4.69, 9.17) is 21.1 Å². The number of hydrogen-bond acceptors (Lipinski definition) is 4. The first kappa shape index (κ1) is 17.0. The molecule has 1 unspecified atom stereocenters. The zero-order valence-electron chi connectivity index (χ0n) is 12.7. The zero-order chi connectivity index (χ0) is 15.9. The third-order valence-electron chi connectivity index (χ3n) is 3.87. The van der Waals surface area contributed by atoms with Gasteiger partial charge in [0.2, 0.25) is 0 Å². The summed E-state index contributed by atoms with van der Waals surface area (Å²) in [6, 6.07) is 7.24. The van der Waals surface area contributed by atoms with Crippen LogP contribution in [0.2, 0.25) is 5.02 Å². The standard InChI is InChI=1S/C17H21ClO4/c1-2-22-17(20)15(11-12-4-3-5-14(18)10-12)16(19)13-6-8-21-9-7-13/h3-5,10,13,15H,2,6-9,11H2,1H3. The maximum Gasteiger partial charge on any atom is 0.316 e. The van der Waals surface area contributed by atoms with E-state index >= 15 is 0 Å². The van der Waals surface area contributed by atoms with Gasteiger partial charge < -0.3 is 9.47 Å². The fraction of sp³-hybridized carbons (Fsp3) is 0.529. The van der Waals surface area contributed by atoms with Crippen LogP contribution in [0.15, 0.2) is 24.3 Å². The molecule has 0 saturated carbocycles. The molecule has 2 rings (SSSR count). The van der Waals surface area contributed by atoms with Gasteiger partial charge in [-0.3, -0.25) is 9.59 Å². The summed E-state index contributed by atoms with van der Waals surface area (Å²) in [5, 5.41) is 0.596. The number of halogens is 1. The third-order valence-corrected chi connectivity index (χ3v) is 4.10. The fourth-order valence-corrected chi connectivity index (χ4v) is 2.92. The normalized spacial score (nSPS) is 17.0. The van der Waals surface area contributed by atoms with Crippen molar-refractivity contribution in [3.05, 3.63) is 34.9 Å². The molecule has 1 aromatic carbocycles. The van der Waals surface area contributed by atoms with Crippen molar-refractivity contribution in [2.75, 3.05) is 19.8 Å². The Morgan fingerprint density at radius 3 is 2.73 bits per heavy atom. The van der Waals surface area contributed by atoms with E-state index in [0.717, 1.165) is 5.56 Å². The van der Waals surface area contributed by atoms with Gasteiger partial charge in [-0.25, -0.2) is 0 Å². The molecule has 1 atom stereocenters. The average Bonchev–Trinajstić information content (AvgIpc) is 2.53. The molecule has 5 heteroatoms. The highest BCUT2D eigenvalue weighted by atomic mass is 35.5. The molecular weight excluding hydrogens is 304 g/mol. The molecule has 0 spiro atoms. The van der Waals surface area contributed by atoms with Crippen LogP contribution < -0.4 is 0 Å². The second kappa shape index (κ2) is 8.30. The van der Waals surface area contributed by atoms with Gasteiger partial charge in [-0.15, -0.1) is 0 Å². The van der Waals surface area contributed by atoms with E-state index in [1.807, 2.05) is 12.1 Å². The van der Waals surface area contributed by atoms with Crippen molar-refractivity contribution in [2.24, 2.45) is 11.8 Å². The average molecular weight is 325 g/mol. The minimum Gasteiger partial charge on any atom is -0.465 e. The van der Waals surface area contributed by atoms with Crippen LogP contribution in [0.3, 0.4) is 0 Å². The SMILES string of the molecule is CCOC(=O)C(Cc1cccc(Cl)c1)C(=O)C1CCOCC1. The molecule has 0 bridgehead atoms. The number of hydrogen-bond donors (Lipinski definition) is 0. The van der Waals surface area contributed by atoms with Gasteiger partial charge in [-0.1, -0.05) is 23.7 Å². The molecule has 1 heterocycles. The number of benzene rings is 1. The van der Waals surface area contributed by atoms with Crippen LogP contribution in [0.25, 0.3) is 0 Å². The van der Waals surface area contributed by atoms with Gasteiger partial charge >= 0.3 is 5.97 Å². The van der Waals surface area contributed by atoms with Gasteiger partial charge in [0.15, 0.2) is 5.78 Å². The molecule has 4 nitrogen and oxygen atoms in total. The largest absolute Gasteiger partial charge is 0.465 e. The second-order valence-electron chi connectivity index (χ2n) is 5.43. The topological polar surface area (TPSA) is 52.6 Å². The van der Waals surface area contributed by atoms with Gasteiger partial charge in [0, 0.05) is 24.2 Å². The molecule has 120 valence electrons. The number of ether oxygens (including phenoxy) is 2. The predicted molar refractivity (Wildman–Crippen MR) is 83.8 cm³/mol. The Balaban J connectivity index is 2.14. The summed E-state index contributed by atoms with van der Waals surface area (Å²) in [4.78, 5) is 24.9. The second-order valence-corrected chi connectivity index (χ2v) is 5.86. The van der Waals surface area contributed by atoms with E-state index < -0.39 is 11.9 Å². The van der Waals surface area contributed by atoms with E-state index in [1.165, 1.54) is 0 Å². The Bertz CT molecular complexity index is 523. The van der Waals surface area contributed by atoms with Crippen LogP contribution in [0, 0.1) is 11.8 Å². The molecule has 1 fully saturated rings. The van der Waals surface area contributed by atoms with Gasteiger partial charge in [-0.05, 0) is 43.9 Å². The minimum absolute atomic E-state index is 0.0401. The Morgan fingerprint density at radius 1 is 1.36 bits per heavy atom. The molecule has 1 saturated heterocycles. The summed E-state index contributed by atoms with van der Waals surface area (Å²) in [5.41, 5.74) is 0.867. The fourth-order valence-electron chi connectivity index (χ4n) is 2.71. The van der Waals surface area contributed by atoms with E-state index in [0.29, 0.717) is 37.5 Å². The highest BCUT2D eigenvalue weighted by Gasteiger charge is 2.34. The van der Waals surface area contributed by atoms with Gasteiger partial charge in [-0.2, -0.15) is 0 Å². The summed E-state index contributed by atoms with van der Waals surface area (Å²) < 4.78 is 10.4. The summed E-state index contributed by atoms with van der Waals surface area (Å²) in [6.45, 7) is 3.16. The Labute approximate surface area is 135 Å². The molecule has 22 heavy (non-hydrogen) atoms. The Kier molecular flexibility index (Phi) is 6.40. The van der Waals surface area contributed by atoms with E-state index in [9.17, 15) is 9.59 Å².